The molecular formula is C15H26N4S. The van der Waals surface area contributed by atoms with Crippen LogP contribution in [0, 0.1) is 19.8 Å². The van der Waals surface area contributed by atoms with Gasteiger partial charge in [-0.05, 0) is 33.9 Å². The number of rotatable bonds is 6. The molecule has 0 aliphatic rings. The van der Waals surface area contributed by atoms with E-state index in [-0.39, 0.29) is 0 Å². The van der Waals surface area contributed by atoms with E-state index in [1.807, 2.05) is 0 Å². The van der Waals surface area contributed by atoms with Gasteiger partial charge in [-0.2, -0.15) is 0 Å². The molecule has 0 radical (unpaired) electrons. The van der Waals surface area contributed by atoms with Crippen LogP contribution in [0.1, 0.15) is 30.1 Å². The Balaban J connectivity index is 2.12. The van der Waals surface area contributed by atoms with Crippen molar-refractivity contribution in [2.45, 2.75) is 40.3 Å². The third kappa shape index (κ3) is 3.40. The average Bonchev–Trinajstić information content (AvgIpc) is 2.80. The molecule has 2 aromatic heterocycles. The smallest absolute Gasteiger partial charge is 0.194 e. The van der Waals surface area contributed by atoms with Crippen LogP contribution in [0.25, 0.3) is 4.96 Å². The van der Waals surface area contributed by atoms with Crippen LogP contribution >= 0.6 is 11.3 Å². The van der Waals surface area contributed by atoms with Gasteiger partial charge in [0.2, 0.25) is 0 Å². The number of fused-ring (bicyclic) bond motifs is 1. The summed E-state index contributed by atoms with van der Waals surface area (Å²) in [5.74, 6) is 0.616. The van der Waals surface area contributed by atoms with Crippen LogP contribution in [-0.4, -0.2) is 41.0 Å². The highest BCUT2D eigenvalue weighted by Crippen LogP contribution is 2.20. The number of aryl methyl sites for hydroxylation is 2. The van der Waals surface area contributed by atoms with E-state index in [1.165, 1.54) is 10.6 Å². The van der Waals surface area contributed by atoms with Gasteiger partial charge in [-0.25, -0.2) is 4.98 Å². The number of thiazole rings is 1. The minimum atomic E-state index is 0.495. The van der Waals surface area contributed by atoms with Gasteiger partial charge in [-0.15, -0.1) is 11.3 Å². The maximum atomic E-state index is 4.65. The van der Waals surface area contributed by atoms with Crippen molar-refractivity contribution in [3.05, 3.63) is 22.5 Å². The predicted molar refractivity (Wildman–Crippen MR) is 86.6 cm³/mol. The molecule has 2 rings (SSSR count). The highest BCUT2D eigenvalue weighted by Gasteiger charge is 2.16. The van der Waals surface area contributed by atoms with Gasteiger partial charge in [0, 0.05) is 30.2 Å². The molecule has 4 nitrogen and oxygen atoms in total. The molecule has 0 spiro atoms. The van der Waals surface area contributed by atoms with Gasteiger partial charge in [0.1, 0.15) is 0 Å². The standard InChI is InChI=1S/C15H26N4S/c1-10(2)13(9-18(5)6)16-7-14-12(4)17-15-19(14)8-11(3)20-15/h8,10,13,16H,7,9H2,1-6H3. The van der Waals surface area contributed by atoms with E-state index in [9.17, 15) is 0 Å². The van der Waals surface area contributed by atoms with Crippen LogP contribution in [0.3, 0.4) is 0 Å². The van der Waals surface area contributed by atoms with Gasteiger partial charge < -0.3 is 10.2 Å². The zero-order valence-electron chi connectivity index (χ0n) is 13.4. The Morgan fingerprint density at radius 3 is 2.65 bits per heavy atom. The lowest BCUT2D eigenvalue weighted by Crippen LogP contribution is -2.41. The number of aromatic nitrogens is 2. The summed E-state index contributed by atoms with van der Waals surface area (Å²) in [6.07, 6.45) is 2.19. The van der Waals surface area contributed by atoms with Crippen molar-refractivity contribution in [1.29, 1.82) is 0 Å². The van der Waals surface area contributed by atoms with Crippen LogP contribution in [0.15, 0.2) is 6.20 Å². The lowest BCUT2D eigenvalue weighted by atomic mass is 10.0. The molecule has 2 heterocycles. The van der Waals surface area contributed by atoms with Gasteiger partial charge in [0.15, 0.2) is 4.96 Å². The SMILES string of the molecule is Cc1cn2c(CNC(CN(C)C)C(C)C)c(C)nc2s1. The molecule has 20 heavy (non-hydrogen) atoms. The highest BCUT2D eigenvalue weighted by molar-refractivity contribution is 7.17. The van der Waals surface area contributed by atoms with E-state index in [2.05, 4.69) is 67.6 Å². The minimum Gasteiger partial charge on any atom is -0.308 e. The minimum absolute atomic E-state index is 0.495. The number of nitrogens with zero attached hydrogens (tertiary/aromatic N) is 3. The molecule has 5 heteroatoms. The molecule has 1 unspecified atom stereocenters. The number of hydrogen-bond acceptors (Lipinski definition) is 4. The van der Waals surface area contributed by atoms with Gasteiger partial charge in [0.05, 0.1) is 11.4 Å². The van der Waals surface area contributed by atoms with Crippen molar-refractivity contribution < 1.29 is 0 Å². The Hall–Kier alpha value is -0.910. The van der Waals surface area contributed by atoms with E-state index in [0.717, 1.165) is 23.7 Å². The fourth-order valence-electron chi connectivity index (χ4n) is 2.45. The number of imidazole rings is 1. The molecule has 0 aliphatic carbocycles. The molecule has 0 fully saturated rings. The van der Waals surface area contributed by atoms with Crippen molar-refractivity contribution in [2.75, 3.05) is 20.6 Å². The third-order valence-electron chi connectivity index (χ3n) is 3.64. The van der Waals surface area contributed by atoms with Gasteiger partial charge in [0.25, 0.3) is 0 Å². The summed E-state index contributed by atoms with van der Waals surface area (Å²) in [6.45, 7) is 10.7. The van der Waals surface area contributed by atoms with Crippen LogP contribution in [0.5, 0.6) is 0 Å². The quantitative estimate of drug-likeness (QED) is 0.889. The maximum absolute atomic E-state index is 4.65. The Bertz CT molecular complexity index is 568. The first kappa shape index (κ1) is 15.5. The Morgan fingerprint density at radius 2 is 2.05 bits per heavy atom. The average molecular weight is 294 g/mol. The summed E-state index contributed by atoms with van der Waals surface area (Å²) in [7, 11) is 4.25. The lowest BCUT2D eigenvalue weighted by Gasteiger charge is -2.25. The lowest BCUT2D eigenvalue weighted by molar-refractivity contribution is 0.287. The van der Waals surface area contributed by atoms with E-state index >= 15 is 0 Å². The van der Waals surface area contributed by atoms with Crippen LogP contribution in [-0.2, 0) is 6.54 Å². The Morgan fingerprint density at radius 1 is 1.35 bits per heavy atom. The Kier molecular flexibility index (Phi) is 4.83. The van der Waals surface area contributed by atoms with E-state index in [1.54, 1.807) is 11.3 Å². The molecule has 0 saturated heterocycles. The first-order valence-electron chi connectivity index (χ1n) is 7.20. The zero-order chi connectivity index (χ0) is 14.9. The molecule has 112 valence electrons. The molecule has 1 N–H and O–H groups in total. The molecule has 2 aromatic rings. The second-order valence-electron chi connectivity index (χ2n) is 6.13. The molecule has 0 amide bonds. The summed E-state index contributed by atoms with van der Waals surface area (Å²) in [4.78, 5) is 9.30. The van der Waals surface area contributed by atoms with Crippen molar-refractivity contribution in [1.82, 2.24) is 19.6 Å². The third-order valence-corrected chi connectivity index (χ3v) is 4.54. The van der Waals surface area contributed by atoms with Crippen molar-refractivity contribution in [3.63, 3.8) is 0 Å². The molecule has 0 bridgehead atoms. The Labute approximate surface area is 125 Å². The van der Waals surface area contributed by atoms with E-state index in [4.69, 9.17) is 0 Å². The monoisotopic (exact) mass is 294 g/mol. The van der Waals surface area contributed by atoms with Gasteiger partial charge in [-0.1, -0.05) is 13.8 Å². The fraction of sp³-hybridized carbons (Fsp3) is 0.667. The maximum Gasteiger partial charge on any atom is 0.194 e. The molecule has 0 aliphatic heterocycles. The topological polar surface area (TPSA) is 32.6 Å². The van der Waals surface area contributed by atoms with E-state index in [0.29, 0.717) is 12.0 Å². The summed E-state index contributed by atoms with van der Waals surface area (Å²) < 4.78 is 2.23. The normalized spacial score (nSPS) is 13.8. The highest BCUT2D eigenvalue weighted by atomic mass is 32.1. The van der Waals surface area contributed by atoms with Crippen LogP contribution in [0.4, 0.5) is 0 Å². The van der Waals surface area contributed by atoms with Gasteiger partial charge >= 0.3 is 0 Å². The summed E-state index contributed by atoms with van der Waals surface area (Å²) >= 11 is 1.75. The molecule has 0 aromatic carbocycles. The zero-order valence-corrected chi connectivity index (χ0v) is 14.2. The first-order valence-corrected chi connectivity index (χ1v) is 8.02. The van der Waals surface area contributed by atoms with Crippen LogP contribution in [0.2, 0.25) is 0 Å². The first-order chi connectivity index (χ1) is 9.38. The molecule has 0 saturated carbocycles. The largest absolute Gasteiger partial charge is 0.308 e. The van der Waals surface area contributed by atoms with Gasteiger partial charge in [-0.3, -0.25) is 4.40 Å². The predicted octanol–water partition coefficient (Wildman–Crippen LogP) is 2.69. The number of nitrogens with one attached hydrogen (secondary N) is 1. The summed E-state index contributed by atoms with van der Waals surface area (Å²) in [5.41, 5.74) is 2.42. The fourth-order valence-corrected chi connectivity index (χ4v) is 3.34. The molecule has 1 atom stereocenters. The van der Waals surface area contributed by atoms with Crippen molar-refractivity contribution >= 4 is 16.3 Å². The van der Waals surface area contributed by atoms with Crippen LogP contribution < -0.4 is 5.32 Å². The van der Waals surface area contributed by atoms with E-state index < -0.39 is 0 Å². The van der Waals surface area contributed by atoms with Crippen molar-refractivity contribution in [3.8, 4) is 0 Å². The second kappa shape index (κ2) is 6.24. The summed E-state index contributed by atoms with van der Waals surface area (Å²) in [5, 5.41) is 3.70. The van der Waals surface area contributed by atoms with Crippen molar-refractivity contribution in [2.24, 2.45) is 5.92 Å². The summed E-state index contributed by atoms with van der Waals surface area (Å²) in [6, 6.07) is 0.495. The molecular weight excluding hydrogens is 268 g/mol. The second-order valence-corrected chi connectivity index (χ2v) is 7.35. The number of likely N-dealkylation sites (N-methyl/N-ethyl adjacent to an activating group) is 1. The number of hydrogen-bond donors (Lipinski definition) is 1.